The van der Waals surface area contributed by atoms with Gasteiger partial charge in [0.1, 0.15) is 12.2 Å². The van der Waals surface area contributed by atoms with E-state index in [1.54, 1.807) is 6.92 Å². The Bertz CT molecular complexity index is 587. The second-order valence-electron chi connectivity index (χ2n) is 8.68. The normalized spacial score (nSPS) is 14.8. The number of phosphoric acid groups is 1. The first-order chi connectivity index (χ1) is 16.8. The van der Waals surface area contributed by atoms with Gasteiger partial charge < -0.3 is 24.6 Å². The molecule has 0 aliphatic heterocycles. The van der Waals surface area contributed by atoms with E-state index in [0.717, 1.165) is 19.3 Å². The van der Waals surface area contributed by atoms with Crippen LogP contribution in [0.1, 0.15) is 104 Å². The molecule has 10 nitrogen and oxygen atoms in total. The van der Waals surface area contributed by atoms with E-state index in [9.17, 15) is 29.3 Å². The molecule has 35 heavy (non-hydrogen) atoms. The summed E-state index contributed by atoms with van der Waals surface area (Å²) in [6.45, 7) is 1.72. The predicted molar refractivity (Wildman–Crippen MR) is 132 cm³/mol. The Labute approximate surface area is 210 Å². The van der Waals surface area contributed by atoms with Gasteiger partial charge in [-0.2, -0.15) is 0 Å². The minimum absolute atomic E-state index is 0.145. The fraction of sp³-hybridized carbons (Fsp3) is 0.917. The largest absolute Gasteiger partial charge is 0.472 e. The average Bonchev–Trinajstić information content (AvgIpc) is 2.83. The molecule has 0 aliphatic rings. The van der Waals surface area contributed by atoms with E-state index in [1.165, 1.54) is 44.9 Å². The highest BCUT2D eigenvalue weighted by molar-refractivity contribution is 7.47. The maximum Gasteiger partial charge on any atom is 0.472 e. The SMILES string of the molecule is CCCCCCCCCCCCCC(=O)OC(CO)COP(=O)(O)OCC(CO)OC(=O)CCC. The van der Waals surface area contributed by atoms with E-state index in [4.69, 9.17) is 18.5 Å². The first kappa shape index (κ1) is 34.0. The Hall–Kier alpha value is -1.03. The summed E-state index contributed by atoms with van der Waals surface area (Å²) in [5.74, 6) is -1.07. The standard InChI is InChI=1S/C24H47O10P/c1-3-5-6-7-8-9-10-11-12-13-14-16-24(28)34-22(18-26)20-32-35(29,30)31-19-21(17-25)33-23(27)15-4-2/h21-22,25-26H,3-20H2,1-2H3,(H,29,30). The topological polar surface area (TPSA) is 149 Å². The van der Waals surface area contributed by atoms with Crippen LogP contribution in [0, 0.1) is 0 Å². The summed E-state index contributed by atoms with van der Waals surface area (Å²) in [6, 6.07) is 0. The van der Waals surface area contributed by atoms with E-state index in [2.05, 4.69) is 6.92 Å². The number of hydrogen-bond acceptors (Lipinski definition) is 9. The number of rotatable bonds is 24. The van der Waals surface area contributed by atoms with E-state index in [-0.39, 0.29) is 12.8 Å². The molecule has 3 atom stereocenters. The lowest BCUT2D eigenvalue weighted by Gasteiger charge is -2.20. The summed E-state index contributed by atoms with van der Waals surface area (Å²) in [5, 5.41) is 18.6. The van der Waals surface area contributed by atoms with Gasteiger partial charge in [0.2, 0.25) is 0 Å². The highest BCUT2D eigenvalue weighted by Gasteiger charge is 2.27. The number of aliphatic hydroxyl groups excluding tert-OH is 2. The van der Waals surface area contributed by atoms with Crippen molar-refractivity contribution in [3.63, 3.8) is 0 Å². The quantitative estimate of drug-likeness (QED) is 0.0936. The van der Waals surface area contributed by atoms with Crippen LogP contribution in [0.15, 0.2) is 0 Å². The molecule has 0 amide bonds. The number of ether oxygens (including phenoxy) is 2. The van der Waals surface area contributed by atoms with Crippen LogP contribution in [0.4, 0.5) is 0 Å². The van der Waals surface area contributed by atoms with Crippen molar-refractivity contribution in [3.05, 3.63) is 0 Å². The number of carbonyl (C=O) groups is 2. The average molecular weight is 527 g/mol. The van der Waals surface area contributed by atoms with Crippen molar-refractivity contribution in [3.8, 4) is 0 Å². The molecule has 0 aliphatic carbocycles. The Morgan fingerprint density at radius 3 is 1.46 bits per heavy atom. The molecule has 11 heteroatoms. The van der Waals surface area contributed by atoms with Crippen LogP contribution in [0.2, 0.25) is 0 Å². The minimum atomic E-state index is -4.58. The van der Waals surface area contributed by atoms with Crippen LogP contribution in [0.3, 0.4) is 0 Å². The number of esters is 2. The smallest absolute Gasteiger partial charge is 0.457 e. The number of hydrogen-bond donors (Lipinski definition) is 3. The Morgan fingerprint density at radius 2 is 1.06 bits per heavy atom. The molecule has 0 aromatic heterocycles. The van der Waals surface area contributed by atoms with E-state index in [1.807, 2.05) is 0 Å². The highest BCUT2D eigenvalue weighted by Crippen LogP contribution is 2.43. The molecule has 0 radical (unpaired) electrons. The van der Waals surface area contributed by atoms with E-state index in [0.29, 0.717) is 12.8 Å². The van der Waals surface area contributed by atoms with Gasteiger partial charge in [-0.25, -0.2) is 4.57 Å². The molecule has 0 saturated heterocycles. The molecule has 0 saturated carbocycles. The zero-order chi connectivity index (χ0) is 26.4. The lowest BCUT2D eigenvalue weighted by Crippen LogP contribution is -2.28. The first-order valence-corrected chi connectivity index (χ1v) is 14.5. The van der Waals surface area contributed by atoms with Gasteiger partial charge in [-0.3, -0.25) is 18.6 Å². The minimum Gasteiger partial charge on any atom is -0.457 e. The van der Waals surface area contributed by atoms with Crippen LogP contribution >= 0.6 is 7.82 Å². The number of aliphatic hydroxyl groups is 2. The second kappa shape index (κ2) is 22.2. The zero-order valence-electron chi connectivity index (χ0n) is 21.5. The van der Waals surface area contributed by atoms with Gasteiger partial charge >= 0.3 is 19.8 Å². The van der Waals surface area contributed by atoms with Crippen LogP contribution < -0.4 is 0 Å². The third kappa shape index (κ3) is 20.8. The monoisotopic (exact) mass is 526 g/mol. The summed E-state index contributed by atoms with van der Waals surface area (Å²) in [6.07, 6.45) is 11.4. The van der Waals surface area contributed by atoms with Gasteiger partial charge in [0.15, 0.2) is 0 Å². The summed E-state index contributed by atoms with van der Waals surface area (Å²) in [5.41, 5.74) is 0. The van der Waals surface area contributed by atoms with Crippen molar-refractivity contribution in [1.82, 2.24) is 0 Å². The van der Waals surface area contributed by atoms with E-state index >= 15 is 0 Å². The maximum absolute atomic E-state index is 12.0. The molecule has 0 aromatic rings. The fourth-order valence-corrected chi connectivity index (χ4v) is 4.05. The molecule has 208 valence electrons. The molecule has 0 heterocycles. The number of phosphoric ester groups is 1. The fourth-order valence-electron chi connectivity index (χ4n) is 3.27. The maximum atomic E-state index is 12.0. The Kier molecular flexibility index (Phi) is 21.5. The van der Waals surface area contributed by atoms with Crippen LogP contribution in [0.25, 0.3) is 0 Å². The van der Waals surface area contributed by atoms with Gasteiger partial charge in [0.05, 0.1) is 26.4 Å². The van der Waals surface area contributed by atoms with Crippen molar-refractivity contribution >= 4 is 19.8 Å². The number of carbonyl (C=O) groups excluding carboxylic acids is 2. The van der Waals surface area contributed by atoms with Crippen molar-refractivity contribution < 1.29 is 47.8 Å². The first-order valence-electron chi connectivity index (χ1n) is 13.0. The van der Waals surface area contributed by atoms with Crippen molar-refractivity contribution in [2.24, 2.45) is 0 Å². The molecule has 3 N–H and O–H groups in total. The van der Waals surface area contributed by atoms with Crippen LogP contribution in [-0.4, -0.2) is 65.7 Å². The summed E-state index contributed by atoms with van der Waals surface area (Å²) in [4.78, 5) is 33.2. The third-order valence-corrected chi connectivity index (χ3v) is 6.24. The van der Waals surface area contributed by atoms with Gasteiger partial charge in [-0.05, 0) is 12.8 Å². The number of unbranched alkanes of at least 4 members (excludes halogenated alkanes) is 10. The molecule has 0 bridgehead atoms. The second-order valence-corrected chi connectivity index (χ2v) is 10.1. The third-order valence-electron chi connectivity index (χ3n) is 5.29. The highest BCUT2D eigenvalue weighted by atomic mass is 31.2. The molecular weight excluding hydrogens is 479 g/mol. The Morgan fingerprint density at radius 1 is 0.657 bits per heavy atom. The van der Waals surface area contributed by atoms with Crippen molar-refractivity contribution in [1.29, 1.82) is 0 Å². The van der Waals surface area contributed by atoms with Gasteiger partial charge in [0.25, 0.3) is 0 Å². The molecule has 0 spiro atoms. The molecule has 3 unspecified atom stereocenters. The Balaban J connectivity index is 4.02. The molecule has 0 aromatic carbocycles. The molecule has 0 rings (SSSR count). The van der Waals surface area contributed by atoms with Crippen molar-refractivity contribution in [2.45, 2.75) is 116 Å². The van der Waals surface area contributed by atoms with Crippen molar-refractivity contribution in [2.75, 3.05) is 26.4 Å². The summed E-state index contributed by atoms with van der Waals surface area (Å²) in [7, 11) is -4.58. The molecule has 0 fully saturated rings. The summed E-state index contributed by atoms with van der Waals surface area (Å²) >= 11 is 0. The lowest BCUT2D eigenvalue weighted by atomic mass is 10.1. The zero-order valence-corrected chi connectivity index (χ0v) is 22.4. The predicted octanol–water partition coefficient (Wildman–Crippen LogP) is 4.43. The van der Waals surface area contributed by atoms with Crippen LogP contribution in [-0.2, 0) is 32.7 Å². The van der Waals surface area contributed by atoms with E-state index < -0.39 is 58.4 Å². The van der Waals surface area contributed by atoms with Gasteiger partial charge in [-0.15, -0.1) is 0 Å². The molecular formula is C24H47O10P. The van der Waals surface area contributed by atoms with Gasteiger partial charge in [-0.1, -0.05) is 78.1 Å². The van der Waals surface area contributed by atoms with Gasteiger partial charge in [0, 0.05) is 12.8 Å². The lowest BCUT2D eigenvalue weighted by molar-refractivity contribution is -0.153. The van der Waals surface area contributed by atoms with Crippen LogP contribution in [0.5, 0.6) is 0 Å². The summed E-state index contributed by atoms with van der Waals surface area (Å²) < 4.78 is 31.5.